The van der Waals surface area contributed by atoms with Gasteiger partial charge in [0.05, 0.1) is 6.67 Å². The Balaban J connectivity index is 3.86. The van der Waals surface area contributed by atoms with Gasteiger partial charge in [0.1, 0.15) is 6.17 Å². The lowest BCUT2D eigenvalue weighted by atomic mass is 10.1. The smallest absolute Gasteiger partial charge is 0.251 e. The van der Waals surface area contributed by atoms with Crippen LogP contribution < -0.4 is 0 Å². The molecule has 80 valence electrons. The molecule has 0 aromatic carbocycles. The highest BCUT2D eigenvalue weighted by Gasteiger charge is 2.35. The minimum atomic E-state index is -3.54. The molecular weight excluding hydrogens is 198 g/mol. The first-order valence-electron chi connectivity index (χ1n) is 3.77. The summed E-state index contributed by atoms with van der Waals surface area (Å²) in [6.45, 7) is -0.876. The third kappa shape index (κ3) is 4.38. The van der Waals surface area contributed by atoms with E-state index in [0.29, 0.717) is 0 Å². The van der Waals surface area contributed by atoms with Gasteiger partial charge in [-0.05, 0) is 12.8 Å². The summed E-state index contributed by atoms with van der Waals surface area (Å²) in [5.74, 6) is 0. The summed E-state index contributed by atoms with van der Waals surface area (Å²) in [5, 5.41) is 0. The van der Waals surface area contributed by atoms with Gasteiger partial charge in [0.15, 0.2) is 12.3 Å². The van der Waals surface area contributed by atoms with E-state index in [4.69, 9.17) is 0 Å². The monoisotopic (exact) mass is 208 g/mol. The van der Waals surface area contributed by atoms with Crippen molar-refractivity contribution in [3.63, 3.8) is 0 Å². The summed E-state index contributed by atoms with van der Waals surface area (Å²) < 4.78 is 71.5. The van der Waals surface area contributed by atoms with Gasteiger partial charge in [-0.3, -0.25) is 4.39 Å². The Morgan fingerprint density at radius 3 is 1.77 bits per heavy atom. The molecule has 3 unspecified atom stereocenters. The minimum Gasteiger partial charge on any atom is -0.251 e. The number of rotatable bonds is 6. The molecule has 0 aromatic heterocycles. The SMILES string of the molecule is FCCCC(F)C(F)C(F)C(F)F. The van der Waals surface area contributed by atoms with Crippen LogP contribution in [0.4, 0.5) is 26.3 Å². The Morgan fingerprint density at radius 2 is 1.38 bits per heavy atom. The number of hydrogen-bond acceptors (Lipinski definition) is 0. The Bertz CT molecular complexity index is 128. The van der Waals surface area contributed by atoms with Gasteiger partial charge in [-0.15, -0.1) is 0 Å². The maximum Gasteiger partial charge on any atom is 0.272 e. The van der Waals surface area contributed by atoms with Gasteiger partial charge in [-0.2, -0.15) is 0 Å². The molecule has 0 fully saturated rings. The maximum absolute atomic E-state index is 12.5. The molecule has 0 spiro atoms. The lowest BCUT2D eigenvalue weighted by Crippen LogP contribution is -2.33. The molecule has 0 N–H and O–H groups in total. The van der Waals surface area contributed by atoms with E-state index in [2.05, 4.69) is 0 Å². The van der Waals surface area contributed by atoms with Gasteiger partial charge in [-0.1, -0.05) is 0 Å². The summed E-state index contributed by atoms with van der Waals surface area (Å²) >= 11 is 0. The molecule has 0 heterocycles. The van der Waals surface area contributed by atoms with Crippen molar-refractivity contribution in [1.82, 2.24) is 0 Å². The Kier molecular flexibility index (Phi) is 5.90. The van der Waals surface area contributed by atoms with Crippen LogP contribution >= 0.6 is 0 Å². The molecule has 0 radical (unpaired) electrons. The van der Waals surface area contributed by atoms with E-state index in [-0.39, 0.29) is 6.42 Å². The fourth-order valence-electron chi connectivity index (χ4n) is 0.770. The van der Waals surface area contributed by atoms with Crippen LogP contribution in [0.15, 0.2) is 0 Å². The van der Waals surface area contributed by atoms with Crippen molar-refractivity contribution in [1.29, 1.82) is 0 Å². The van der Waals surface area contributed by atoms with Gasteiger partial charge < -0.3 is 0 Å². The average Bonchev–Trinajstić information content (AvgIpc) is 2.11. The Hall–Kier alpha value is -0.420. The Morgan fingerprint density at radius 1 is 0.846 bits per heavy atom. The van der Waals surface area contributed by atoms with Gasteiger partial charge in [0, 0.05) is 0 Å². The first-order valence-corrected chi connectivity index (χ1v) is 3.77. The van der Waals surface area contributed by atoms with Crippen molar-refractivity contribution in [2.45, 2.75) is 37.8 Å². The number of alkyl halides is 6. The van der Waals surface area contributed by atoms with Crippen molar-refractivity contribution < 1.29 is 26.3 Å². The van der Waals surface area contributed by atoms with Crippen LogP contribution in [0.5, 0.6) is 0 Å². The second-order valence-electron chi connectivity index (χ2n) is 2.57. The van der Waals surface area contributed by atoms with Crippen molar-refractivity contribution in [3.8, 4) is 0 Å². The second kappa shape index (κ2) is 6.10. The fourth-order valence-corrected chi connectivity index (χ4v) is 0.770. The molecule has 0 aliphatic carbocycles. The molecule has 0 aliphatic heterocycles. The van der Waals surface area contributed by atoms with Crippen LogP contribution in [-0.2, 0) is 0 Å². The van der Waals surface area contributed by atoms with E-state index in [1.54, 1.807) is 0 Å². The zero-order valence-corrected chi connectivity index (χ0v) is 6.70. The molecule has 13 heavy (non-hydrogen) atoms. The predicted molar refractivity (Wildman–Crippen MR) is 35.9 cm³/mol. The van der Waals surface area contributed by atoms with E-state index in [9.17, 15) is 26.3 Å². The van der Waals surface area contributed by atoms with Gasteiger partial charge >= 0.3 is 0 Å². The summed E-state index contributed by atoms with van der Waals surface area (Å²) in [4.78, 5) is 0. The van der Waals surface area contributed by atoms with Crippen LogP contribution in [0.1, 0.15) is 12.8 Å². The lowest BCUT2D eigenvalue weighted by Gasteiger charge is -2.16. The van der Waals surface area contributed by atoms with E-state index < -0.39 is 38.0 Å². The normalized spacial score (nSPS) is 18.7. The van der Waals surface area contributed by atoms with Crippen LogP contribution in [0.3, 0.4) is 0 Å². The van der Waals surface area contributed by atoms with Gasteiger partial charge in [0.25, 0.3) is 6.43 Å². The molecule has 0 bridgehead atoms. The van der Waals surface area contributed by atoms with Gasteiger partial charge in [-0.25, -0.2) is 22.0 Å². The van der Waals surface area contributed by atoms with Crippen molar-refractivity contribution in [3.05, 3.63) is 0 Å². The highest BCUT2D eigenvalue weighted by Crippen LogP contribution is 2.20. The summed E-state index contributed by atoms with van der Waals surface area (Å²) in [6, 6.07) is 0. The van der Waals surface area contributed by atoms with Crippen molar-refractivity contribution >= 4 is 0 Å². The van der Waals surface area contributed by atoms with Crippen LogP contribution in [0.25, 0.3) is 0 Å². The molecule has 0 nitrogen and oxygen atoms in total. The van der Waals surface area contributed by atoms with E-state index in [0.717, 1.165) is 0 Å². The summed E-state index contributed by atoms with van der Waals surface area (Å²) in [6.07, 6.45) is -12.8. The summed E-state index contributed by atoms with van der Waals surface area (Å²) in [7, 11) is 0. The summed E-state index contributed by atoms with van der Waals surface area (Å²) in [5.41, 5.74) is 0. The molecule has 0 aromatic rings. The molecule has 0 rings (SSSR count). The number of halogens is 6. The zero-order valence-electron chi connectivity index (χ0n) is 6.70. The highest BCUT2D eigenvalue weighted by atomic mass is 19.3. The molecule has 0 saturated heterocycles. The van der Waals surface area contributed by atoms with Crippen molar-refractivity contribution in [2.24, 2.45) is 0 Å². The third-order valence-corrected chi connectivity index (χ3v) is 1.50. The first kappa shape index (κ1) is 12.6. The highest BCUT2D eigenvalue weighted by molar-refractivity contribution is 4.78. The minimum absolute atomic E-state index is 0.294. The maximum atomic E-state index is 12.5. The van der Waals surface area contributed by atoms with E-state index in [1.807, 2.05) is 0 Å². The largest absolute Gasteiger partial charge is 0.272 e. The fraction of sp³-hybridized carbons (Fsp3) is 1.00. The average molecular weight is 208 g/mol. The molecule has 6 heteroatoms. The topological polar surface area (TPSA) is 0 Å². The van der Waals surface area contributed by atoms with Crippen LogP contribution in [0.2, 0.25) is 0 Å². The molecule has 0 aliphatic rings. The van der Waals surface area contributed by atoms with Gasteiger partial charge in [0.2, 0.25) is 0 Å². The zero-order chi connectivity index (χ0) is 10.4. The molecule has 0 saturated carbocycles. The molecule has 3 atom stereocenters. The Labute approximate surface area is 71.9 Å². The number of hydrogen-bond donors (Lipinski definition) is 0. The molecular formula is C7H10F6. The van der Waals surface area contributed by atoms with E-state index >= 15 is 0 Å². The van der Waals surface area contributed by atoms with Crippen molar-refractivity contribution in [2.75, 3.05) is 6.67 Å². The second-order valence-corrected chi connectivity index (χ2v) is 2.57. The predicted octanol–water partition coefficient (Wildman–Crippen LogP) is 3.02. The first-order chi connectivity index (χ1) is 6.00. The quantitative estimate of drug-likeness (QED) is 0.588. The molecule has 0 amide bonds. The standard InChI is InChI=1S/C7H10F6/c8-3-1-2-4(9)5(10)6(11)7(12)13/h4-7H,1-3H2. The third-order valence-electron chi connectivity index (χ3n) is 1.50. The van der Waals surface area contributed by atoms with E-state index in [1.165, 1.54) is 0 Å². The lowest BCUT2D eigenvalue weighted by molar-refractivity contribution is -0.0249. The van der Waals surface area contributed by atoms with Crippen LogP contribution in [0, 0.1) is 0 Å². The van der Waals surface area contributed by atoms with Crippen LogP contribution in [-0.4, -0.2) is 31.6 Å².